The van der Waals surface area contributed by atoms with Crippen molar-refractivity contribution in [3.63, 3.8) is 0 Å². The van der Waals surface area contributed by atoms with Crippen molar-refractivity contribution in [2.24, 2.45) is 5.73 Å². The van der Waals surface area contributed by atoms with E-state index in [4.69, 9.17) is 10.8 Å². The van der Waals surface area contributed by atoms with Crippen LogP contribution in [-0.4, -0.2) is 15.2 Å². The van der Waals surface area contributed by atoms with Crippen LogP contribution in [0.2, 0.25) is 0 Å². The number of aliphatic hydroxyl groups is 1. The van der Waals surface area contributed by atoms with Gasteiger partial charge in [0.05, 0.1) is 17.9 Å². The number of nitrogens with zero attached hydrogens (tertiary/aromatic N) is 1. The number of halogens is 2. The average molecular weight is 204 g/mol. The molecule has 0 atom stereocenters. The number of rotatable bonds is 3. The van der Waals surface area contributed by atoms with Gasteiger partial charge in [0.1, 0.15) is 11.4 Å². The molecule has 1 rings (SSSR count). The van der Waals surface area contributed by atoms with Gasteiger partial charge in [-0.3, -0.25) is 4.98 Å². The normalized spacial score (nSPS) is 10.9. The second-order valence-corrected chi connectivity index (χ2v) is 2.66. The first-order chi connectivity index (χ1) is 6.60. The summed E-state index contributed by atoms with van der Waals surface area (Å²) in [5.74, 6) is -0.667. The van der Waals surface area contributed by atoms with Gasteiger partial charge in [0.25, 0.3) is 6.43 Å². The molecular weight excluding hydrogens is 194 g/mol. The number of alkyl halides is 2. The SMILES string of the molecule is NCc1cc(C(F)F)c(O)c(CO)n1. The Morgan fingerprint density at radius 2 is 2.14 bits per heavy atom. The highest BCUT2D eigenvalue weighted by atomic mass is 19.3. The van der Waals surface area contributed by atoms with E-state index in [1.807, 2.05) is 0 Å². The standard InChI is InChI=1S/C8H10F2N2O2/c9-8(10)5-1-4(2-11)12-6(3-13)7(5)14/h1,8,13-14H,2-3,11H2. The van der Waals surface area contributed by atoms with Gasteiger partial charge in [0.15, 0.2) is 0 Å². The Morgan fingerprint density at radius 3 is 2.57 bits per heavy atom. The van der Waals surface area contributed by atoms with Crippen LogP contribution in [-0.2, 0) is 13.2 Å². The zero-order valence-electron chi connectivity index (χ0n) is 7.24. The topological polar surface area (TPSA) is 79.4 Å². The summed E-state index contributed by atoms with van der Waals surface area (Å²) in [7, 11) is 0. The molecule has 78 valence electrons. The van der Waals surface area contributed by atoms with Gasteiger partial charge in [-0.15, -0.1) is 0 Å². The predicted molar refractivity (Wildman–Crippen MR) is 44.7 cm³/mol. The lowest BCUT2D eigenvalue weighted by atomic mass is 10.1. The van der Waals surface area contributed by atoms with Crippen LogP contribution in [0.3, 0.4) is 0 Å². The number of aliphatic hydroxyl groups excluding tert-OH is 1. The molecule has 1 aromatic heterocycles. The molecule has 1 aromatic rings. The summed E-state index contributed by atoms with van der Waals surface area (Å²) in [5.41, 5.74) is 4.70. The predicted octanol–water partition coefficient (Wildman–Crippen LogP) is 0.676. The number of nitrogens with two attached hydrogens (primary N) is 1. The van der Waals surface area contributed by atoms with Crippen molar-refractivity contribution in [1.82, 2.24) is 4.98 Å². The van der Waals surface area contributed by atoms with Gasteiger partial charge >= 0.3 is 0 Å². The Morgan fingerprint density at radius 1 is 1.50 bits per heavy atom. The van der Waals surface area contributed by atoms with Crippen LogP contribution < -0.4 is 5.73 Å². The van der Waals surface area contributed by atoms with E-state index in [-0.39, 0.29) is 17.9 Å². The van der Waals surface area contributed by atoms with Crippen LogP contribution in [0, 0.1) is 0 Å². The largest absolute Gasteiger partial charge is 0.505 e. The molecule has 0 spiro atoms. The fourth-order valence-corrected chi connectivity index (χ4v) is 1.05. The van der Waals surface area contributed by atoms with Crippen LogP contribution in [0.15, 0.2) is 6.07 Å². The molecule has 4 N–H and O–H groups in total. The van der Waals surface area contributed by atoms with E-state index in [2.05, 4.69) is 4.98 Å². The van der Waals surface area contributed by atoms with Crippen molar-refractivity contribution >= 4 is 0 Å². The lowest BCUT2D eigenvalue weighted by Gasteiger charge is -2.09. The lowest BCUT2D eigenvalue weighted by Crippen LogP contribution is -2.05. The van der Waals surface area contributed by atoms with Crippen molar-refractivity contribution in [3.05, 3.63) is 23.0 Å². The molecule has 1 heterocycles. The summed E-state index contributed by atoms with van der Waals surface area (Å²) in [4.78, 5) is 3.69. The number of hydrogen-bond donors (Lipinski definition) is 3. The van der Waals surface area contributed by atoms with Crippen LogP contribution >= 0.6 is 0 Å². The summed E-state index contributed by atoms with van der Waals surface area (Å²) < 4.78 is 24.7. The van der Waals surface area contributed by atoms with E-state index in [9.17, 15) is 13.9 Å². The molecule has 4 nitrogen and oxygen atoms in total. The van der Waals surface area contributed by atoms with E-state index in [1.54, 1.807) is 0 Å². The monoisotopic (exact) mass is 204 g/mol. The zero-order valence-corrected chi connectivity index (χ0v) is 7.24. The highest BCUT2D eigenvalue weighted by Gasteiger charge is 2.17. The Bertz CT molecular complexity index is 331. The van der Waals surface area contributed by atoms with Crippen LogP contribution in [0.4, 0.5) is 8.78 Å². The third-order valence-electron chi connectivity index (χ3n) is 1.74. The van der Waals surface area contributed by atoms with Gasteiger partial charge in [-0.1, -0.05) is 0 Å². The molecule has 0 aromatic carbocycles. The van der Waals surface area contributed by atoms with Crippen LogP contribution in [0.25, 0.3) is 0 Å². The molecule has 0 aliphatic heterocycles. The molecular formula is C8H10F2N2O2. The van der Waals surface area contributed by atoms with E-state index >= 15 is 0 Å². The third kappa shape index (κ3) is 1.97. The summed E-state index contributed by atoms with van der Waals surface area (Å²) in [5, 5.41) is 18.0. The first-order valence-corrected chi connectivity index (χ1v) is 3.90. The fourth-order valence-electron chi connectivity index (χ4n) is 1.05. The molecule has 0 radical (unpaired) electrons. The smallest absolute Gasteiger partial charge is 0.267 e. The van der Waals surface area contributed by atoms with Crippen LogP contribution in [0.5, 0.6) is 5.75 Å². The zero-order chi connectivity index (χ0) is 10.7. The number of aromatic hydroxyl groups is 1. The molecule has 14 heavy (non-hydrogen) atoms. The lowest BCUT2D eigenvalue weighted by molar-refractivity contribution is 0.146. The highest BCUT2D eigenvalue weighted by molar-refractivity contribution is 5.38. The van der Waals surface area contributed by atoms with E-state index in [1.165, 1.54) is 0 Å². The summed E-state index contributed by atoms with van der Waals surface area (Å²) in [6, 6.07) is 1.03. The maximum Gasteiger partial charge on any atom is 0.267 e. The Labute approximate surface area is 79.0 Å². The third-order valence-corrected chi connectivity index (χ3v) is 1.74. The van der Waals surface area contributed by atoms with E-state index in [0.29, 0.717) is 0 Å². The van der Waals surface area contributed by atoms with Crippen molar-refractivity contribution in [3.8, 4) is 5.75 Å². The number of aromatic nitrogens is 1. The molecule has 0 aliphatic rings. The molecule has 0 saturated heterocycles. The Kier molecular flexibility index (Phi) is 3.32. The maximum absolute atomic E-state index is 12.4. The molecule has 0 aliphatic carbocycles. The number of hydrogen-bond acceptors (Lipinski definition) is 4. The van der Waals surface area contributed by atoms with Gasteiger partial charge in [0.2, 0.25) is 0 Å². The molecule has 0 saturated carbocycles. The Hall–Kier alpha value is -1.27. The van der Waals surface area contributed by atoms with Gasteiger partial charge in [-0.05, 0) is 6.07 Å². The minimum atomic E-state index is -2.81. The molecule has 6 heteroatoms. The van der Waals surface area contributed by atoms with Crippen LogP contribution in [0.1, 0.15) is 23.4 Å². The molecule has 0 unspecified atom stereocenters. The molecule has 0 fully saturated rings. The Balaban J connectivity index is 3.27. The van der Waals surface area contributed by atoms with Crippen molar-refractivity contribution in [2.45, 2.75) is 19.6 Å². The van der Waals surface area contributed by atoms with Crippen molar-refractivity contribution in [1.29, 1.82) is 0 Å². The quantitative estimate of drug-likeness (QED) is 0.676. The van der Waals surface area contributed by atoms with Gasteiger partial charge in [-0.2, -0.15) is 0 Å². The van der Waals surface area contributed by atoms with Gasteiger partial charge in [0, 0.05) is 6.54 Å². The van der Waals surface area contributed by atoms with E-state index < -0.39 is 24.3 Å². The highest BCUT2D eigenvalue weighted by Crippen LogP contribution is 2.30. The van der Waals surface area contributed by atoms with Gasteiger partial charge in [-0.25, -0.2) is 8.78 Å². The summed E-state index contributed by atoms with van der Waals surface area (Å²) >= 11 is 0. The molecule has 0 amide bonds. The maximum atomic E-state index is 12.4. The van der Waals surface area contributed by atoms with Gasteiger partial charge < -0.3 is 15.9 Å². The minimum Gasteiger partial charge on any atom is -0.505 e. The molecule has 0 bridgehead atoms. The minimum absolute atomic E-state index is 0.0208. The average Bonchev–Trinajstić information content (AvgIpc) is 2.17. The van der Waals surface area contributed by atoms with E-state index in [0.717, 1.165) is 6.07 Å². The van der Waals surface area contributed by atoms with Crippen molar-refractivity contribution in [2.75, 3.05) is 0 Å². The second-order valence-electron chi connectivity index (χ2n) is 2.66. The fraction of sp³-hybridized carbons (Fsp3) is 0.375. The summed E-state index contributed by atoms with van der Waals surface area (Å²) in [6.45, 7) is -0.619. The second kappa shape index (κ2) is 4.30. The van der Waals surface area contributed by atoms with Crippen molar-refractivity contribution < 1.29 is 19.0 Å². The first-order valence-electron chi connectivity index (χ1n) is 3.90. The summed E-state index contributed by atoms with van der Waals surface area (Å²) in [6.07, 6.45) is -2.81. The first kappa shape index (κ1) is 10.8. The number of pyridine rings is 1.